The molecule has 2 atom stereocenters. The summed E-state index contributed by atoms with van der Waals surface area (Å²) in [7, 11) is 0. The molecule has 1 aliphatic carbocycles. The first kappa shape index (κ1) is 13.7. The van der Waals surface area contributed by atoms with Gasteiger partial charge in [0.25, 0.3) is 5.91 Å². The van der Waals surface area contributed by atoms with Gasteiger partial charge in [-0.3, -0.25) is 4.79 Å². The van der Waals surface area contributed by atoms with Gasteiger partial charge in [-0.25, -0.2) is 0 Å². The van der Waals surface area contributed by atoms with Gasteiger partial charge in [0.1, 0.15) is 5.75 Å². The Bertz CT molecular complexity index is 462. The van der Waals surface area contributed by atoms with Crippen LogP contribution in [0.1, 0.15) is 36.0 Å². The molecule has 0 radical (unpaired) electrons. The summed E-state index contributed by atoms with van der Waals surface area (Å²) < 4.78 is 0. The highest BCUT2D eigenvalue weighted by Gasteiger charge is 2.20. The molecule has 2 unspecified atom stereocenters. The maximum Gasteiger partial charge on any atom is 0.251 e. The number of hydrogen-bond donors (Lipinski definition) is 4. The molecule has 19 heavy (non-hydrogen) atoms. The van der Waals surface area contributed by atoms with Crippen LogP contribution in [-0.2, 0) is 0 Å². The van der Waals surface area contributed by atoms with E-state index in [1.807, 2.05) is 0 Å². The molecule has 0 aliphatic heterocycles. The molecule has 1 aromatic rings. The van der Waals surface area contributed by atoms with Crippen LogP contribution in [-0.4, -0.2) is 28.8 Å². The Kier molecular flexibility index (Phi) is 4.27. The summed E-state index contributed by atoms with van der Waals surface area (Å²) in [6, 6.07) is 4.45. The van der Waals surface area contributed by atoms with Crippen LogP contribution in [0.15, 0.2) is 18.2 Å². The SMILES string of the molecule is Nc1ccc(C(=O)NCC2CCCC(O)C2)cc1O. The molecule has 1 amide bonds. The summed E-state index contributed by atoms with van der Waals surface area (Å²) in [5, 5.41) is 21.9. The number of aliphatic hydroxyl groups excluding tert-OH is 1. The molecule has 5 nitrogen and oxygen atoms in total. The van der Waals surface area contributed by atoms with Crippen molar-refractivity contribution in [3.8, 4) is 5.75 Å². The molecule has 0 spiro atoms. The Morgan fingerprint density at radius 3 is 2.89 bits per heavy atom. The number of phenolic OH excluding ortho intramolecular Hbond substituents is 1. The lowest BCUT2D eigenvalue weighted by molar-refractivity contribution is 0.0873. The van der Waals surface area contributed by atoms with E-state index in [1.54, 1.807) is 6.07 Å². The Hall–Kier alpha value is -1.75. The quantitative estimate of drug-likeness (QED) is 0.488. The molecule has 0 aromatic heterocycles. The minimum Gasteiger partial charge on any atom is -0.506 e. The third-order valence-electron chi connectivity index (χ3n) is 3.60. The van der Waals surface area contributed by atoms with E-state index in [0.717, 1.165) is 25.7 Å². The molecule has 0 bridgehead atoms. The van der Waals surface area contributed by atoms with E-state index >= 15 is 0 Å². The topological polar surface area (TPSA) is 95.6 Å². The highest BCUT2D eigenvalue weighted by atomic mass is 16.3. The van der Waals surface area contributed by atoms with Gasteiger partial charge >= 0.3 is 0 Å². The first-order valence-corrected chi connectivity index (χ1v) is 6.61. The molecule has 0 heterocycles. The molecule has 1 aromatic carbocycles. The molecule has 1 aliphatic rings. The number of aliphatic hydroxyl groups is 1. The molecular weight excluding hydrogens is 244 g/mol. The normalized spacial score (nSPS) is 23.0. The van der Waals surface area contributed by atoms with E-state index in [9.17, 15) is 15.0 Å². The summed E-state index contributed by atoms with van der Waals surface area (Å²) >= 11 is 0. The Morgan fingerprint density at radius 2 is 2.21 bits per heavy atom. The number of hydrogen-bond acceptors (Lipinski definition) is 4. The van der Waals surface area contributed by atoms with Crippen molar-refractivity contribution in [3.05, 3.63) is 23.8 Å². The Balaban J connectivity index is 1.88. The third-order valence-corrected chi connectivity index (χ3v) is 3.60. The number of nitrogen functional groups attached to an aromatic ring is 1. The largest absolute Gasteiger partial charge is 0.506 e. The van der Waals surface area contributed by atoms with Crippen molar-refractivity contribution < 1.29 is 15.0 Å². The van der Waals surface area contributed by atoms with Crippen molar-refractivity contribution >= 4 is 11.6 Å². The molecule has 5 heteroatoms. The van der Waals surface area contributed by atoms with Crippen LogP contribution in [0.25, 0.3) is 0 Å². The Morgan fingerprint density at radius 1 is 1.42 bits per heavy atom. The Labute approximate surface area is 112 Å². The van der Waals surface area contributed by atoms with E-state index < -0.39 is 0 Å². The number of carbonyl (C=O) groups is 1. The fourth-order valence-corrected chi connectivity index (χ4v) is 2.47. The lowest BCUT2D eigenvalue weighted by Gasteiger charge is -2.25. The highest BCUT2D eigenvalue weighted by Crippen LogP contribution is 2.24. The highest BCUT2D eigenvalue weighted by molar-refractivity contribution is 5.95. The van der Waals surface area contributed by atoms with Gasteiger partial charge in [-0.2, -0.15) is 0 Å². The fraction of sp³-hybridized carbons (Fsp3) is 0.500. The van der Waals surface area contributed by atoms with Crippen LogP contribution in [0.3, 0.4) is 0 Å². The van der Waals surface area contributed by atoms with Gasteiger partial charge in [-0.05, 0) is 43.4 Å². The number of amides is 1. The second kappa shape index (κ2) is 5.93. The van der Waals surface area contributed by atoms with Gasteiger partial charge in [-0.15, -0.1) is 0 Å². The van der Waals surface area contributed by atoms with E-state index in [-0.39, 0.29) is 23.4 Å². The molecule has 5 N–H and O–H groups in total. The monoisotopic (exact) mass is 264 g/mol. The number of phenols is 1. The van der Waals surface area contributed by atoms with Gasteiger partial charge in [0.15, 0.2) is 0 Å². The maximum atomic E-state index is 11.9. The number of carbonyl (C=O) groups excluding carboxylic acids is 1. The number of aromatic hydroxyl groups is 1. The molecule has 2 rings (SSSR count). The zero-order chi connectivity index (χ0) is 13.8. The molecule has 104 valence electrons. The van der Waals surface area contributed by atoms with Crippen LogP contribution in [0.5, 0.6) is 5.75 Å². The van der Waals surface area contributed by atoms with Crippen LogP contribution >= 0.6 is 0 Å². The molecule has 1 saturated carbocycles. The van der Waals surface area contributed by atoms with Gasteiger partial charge in [-0.1, -0.05) is 6.42 Å². The van der Waals surface area contributed by atoms with Crippen molar-refractivity contribution in [1.82, 2.24) is 5.32 Å². The van der Waals surface area contributed by atoms with Gasteiger partial charge in [0.2, 0.25) is 0 Å². The van der Waals surface area contributed by atoms with Crippen molar-refractivity contribution in [2.45, 2.75) is 31.8 Å². The van der Waals surface area contributed by atoms with E-state index in [1.165, 1.54) is 12.1 Å². The zero-order valence-corrected chi connectivity index (χ0v) is 10.8. The minimum absolute atomic E-state index is 0.0826. The maximum absolute atomic E-state index is 11.9. The first-order chi connectivity index (χ1) is 9.06. The number of benzene rings is 1. The number of nitrogens with two attached hydrogens (primary N) is 1. The average Bonchev–Trinajstić information content (AvgIpc) is 2.39. The van der Waals surface area contributed by atoms with Crippen LogP contribution in [0.4, 0.5) is 5.69 Å². The van der Waals surface area contributed by atoms with E-state index in [4.69, 9.17) is 5.73 Å². The lowest BCUT2D eigenvalue weighted by atomic mass is 9.87. The predicted octanol–water partition coefficient (Wildman–Crippen LogP) is 1.26. The molecular formula is C14H20N2O3. The van der Waals surface area contributed by atoms with E-state index in [2.05, 4.69) is 5.32 Å². The predicted molar refractivity (Wildman–Crippen MR) is 72.8 cm³/mol. The smallest absolute Gasteiger partial charge is 0.251 e. The van der Waals surface area contributed by atoms with Crippen LogP contribution < -0.4 is 11.1 Å². The molecule has 0 saturated heterocycles. The third kappa shape index (κ3) is 3.61. The van der Waals surface area contributed by atoms with Crippen LogP contribution in [0.2, 0.25) is 0 Å². The number of nitrogens with one attached hydrogen (secondary N) is 1. The average molecular weight is 264 g/mol. The first-order valence-electron chi connectivity index (χ1n) is 6.61. The van der Waals surface area contributed by atoms with Crippen molar-refractivity contribution in [3.63, 3.8) is 0 Å². The summed E-state index contributed by atoms with van der Waals surface area (Å²) in [6.07, 6.45) is 3.40. The zero-order valence-electron chi connectivity index (χ0n) is 10.8. The number of rotatable bonds is 3. The van der Waals surface area contributed by atoms with Crippen molar-refractivity contribution in [2.75, 3.05) is 12.3 Å². The second-order valence-electron chi connectivity index (χ2n) is 5.17. The van der Waals surface area contributed by atoms with E-state index in [0.29, 0.717) is 18.0 Å². The summed E-state index contributed by atoms with van der Waals surface area (Å²) in [5.41, 5.74) is 6.13. The minimum atomic E-state index is -0.240. The second-order valence-corrected chi connectivity index (χ2v) is 5.17. The summed E-state index contributed by atoms with van der Waals surface area (Å²) in [5.74, 6) is 0.0196. The van der Waals surface area contributed by atoms with Gasteiger partial charge in [0.05, 0.1) is 11.8 Å². The summed E-state index contributed by atoms with van der Waals surface area (Å²) in [6.45, 7) is 0.557. The number of anilines is 1. The fourth-order valence-electron chi connectivity index (χ4n) is 2.47. The lowest BCUT2D eigenvalue weighted by Crippen LogP contribution is -2.32. The van der Waals surface area contributed by atoms with Crippen molar-refractivity contribution in [2.24, 2.45) is 5.92 Å². The molecule has 1 fully saturated rings. The van der Waals surface area contributed by atoms with Crippen LogP contribution in [0, 0.1) is 5.92 Å². The van der Waals surface area contributed by atoms with Gasteiger partial charge < -0.3 is 21.3 Å². The van der Waals surface area contributed by atoms with Crippen molar-refractivity contribution in [1.29, 1.82) is 0 Å². The van der Waals surface area contributed by atoms with Gasteiger partial charge in [0, 0.05) is 12.1 Å². The summed E-state index contributed by atoms with van der Waals surface area (Å²) in [4.78, 5) is 11.9. The standard InChI is InChI=1S/C14H20N2O3/c15-12-5-4-10(7-13(12)18)14(19)16-8-9-2-1-3-11(17)6-9/h4-5,7,9,11,17-18H,1-3,6,8,15H2,(H,16,19).